The van der Waals surface area contributed by atoms with E-state index >= 15 is 0 Å². The molecule has 0 aromatic carbocycles. The van der Waals surface area contributed by atoms with Crippen molar-refractivity contribution in [3.63, 3.8) is 0 Å². The van der Waals surface area contributed by atoms with Gasteiger partial charge in [0.15, 0.2) is 0 Å². The molecular formula is C10H15N5O. The average molecular weight is 221 g/mol. The number of nitrogens with zero attached hydrogens (tertiary/aromatic N) is 5. The van der Waals surface area contributed by atoms with Gasteiger partial charge in [0.1, 0.15) is 6.04 Å². The van der Waals surface area contributed by atoms with Gasteiger partial charge in [-0.2, -0.15) is 0 Å². The van der Waals surface area contributed by atoms with Crippen LogP contribution in [0.15, 0.2) is 5.11 Å². The lowest BCUT2D eigenvalue weighted by Crippen LogP contribution is -2.29. The van der Waals surface area contributed by atoms with E-state index in [0.29, 0.717) is 26.1 Å². The minimum atomic E-state index is -0.527. The van der Waals surface area contributed by atoms with Crippen LogP contribution in [-0.4, -0.2) is 55.5 Å². The number of carbonyl (C=O) groups is 1. The number of hydrogen-bond acceptors (Lipinski definition) is 3. The second-order valence-electron chi connectivity index (χ2n) is 3.86. The van der Waals surface area contributed by atoms with Gasteiger partial charge in [0.25, 0.3) is 0 Å². The molecule has 0 radical (unpaired) electrons. The minimum Gasteiger partial charge on any atom is -0.331 e. The van der Waals surface area contributed by atoms with E-state index in [9.17, 15) is 4.79 Å². The van der Waals surface area contributed by atoms with Crippen molar-refractivity contribution in [1.29, 1.82) is 0 Å². The molecule has 1 amide bonds. The molecule has 16 heavy (non-hydrogen) atoms. The highest BCUT2D eigenvalue weighted by atomic mass is 16.2. The number of likely N-dealkylation sites (tertiary alicyclic amines) is 1. The van der Waals surface area contributed by atoms with Crippen molar-refractivity contribution in [3.05, 3.63) is 10.4 Å². The maximum atomic E-state index is 11.6. The van der Waals surface area contributed by atoms with Crippen LogP contribution in [-0.2, 0) is 4.79 Å². The van der Waals surface area contributed by atoms with Crippen molar-refractivity contribution in [1.82, 2.24) is 9.80 Å². The minimum absolute atomic E-state index is 0.114. The van der Waals surface area contributed by atoms with E-state index in [1.807, 2.05) is 19.0 Å². The first-order valence-electron chi connectivity index (χ1n) is 5.08. The van der Waals surface area contributed by atoms with Crippen LogP contribution in [0.1, 0.15) is 6.42 Å². The van der Waals surface area contributed by atoms with Crippen LogP contribution in [0.3, 0.4) is 0 Å². The fourth-order valence-electron chi connectivity index (χ4n) is 1.41. The zero-order valence-corrected chi connectivity index (χ0v) is 9.55. The van der Waals surface area contributed by atoms with E-state index in [-0.39, 0.29) is 5.91 Å². The Morgan fingerprint density at radius 1 is 1.62 bits per heavy atom. The quantitative estimate of drug-likeness (QED) is 0.300. The molecular weight excluding hydrogens is 206 g/mol. The lowest BCUT2D eigenvalue weighted by Gasteiger charge is -2.11. The monoisotopic (exact) mass is 221 g/mol. The maximum absolute atomic E-state index is 11.6. The van der Waals surface area contributed by atoms with Gasteiger partial charge in [-0.3, -0.25) is 9.69 Å². The summed E-state index contributed by atoms with van der Waals surface area (Å²) in [7, 11) is 3.88. The Balaban J connectivity index is 2.42. The van der Waals surface area contributed by atoms with Crippen LogP contribution >= 0.6 is 0 Å². The first-order chi connectivity index (χ1) is 7.65. The average Bonchev–Trinajstić information content (AvgIpc) is 2.57. The predicted molar refractivity (Wildman–Crippen MR) is 60.5 cm³/mol. The first kappa shape index (κ1) is 12.4. The molecule has 86 valence electrons. The summed E-state index contributed by atoms with van der Waals surface area (Å²) in [6.45, 7) is 1.73. The molecule has 0 aliphatic carbocycles. The molecule has 1 aliphatic heterocycles. The van der Waals surface area contributed by atoms with Crippen molar-refractivity contribution in [2.75, 3.05) is 33.7 Å². The summed E-state index contributed by atoms with van der Waals surface area (Å²) in [5.41, 5.74) is 8.26. The fraction of sp³-hybridized carbons (Fsp3) is 0.700. The topological polar surface area (TPSA) is 72.3 Å². The van der Waals surface area contributed by atoms with Crippen LogP contribution in [0.25, 0.3) is 10.4 Å². The molecule has 0 N–H and O–H groups in total. The van der Waals surface area contributed by atoms with Crippen LogP contribution in [0.2, 0.25) is 0 Å². The molecule has 1 rings (SSSR count). The third-order valence-electron chi connectivity index (χ3n) is 2.25. The summed E-state index contributed by atoms with van der Waals surface area (Å²) in [6, 6.07) is -0.527. The van der Waals surface area contributed by atoms with Crippen LogP contribution in [0.5, 0.6) is 0 Å². The van der Waals surface area contributed by atoms with E-state index < -0.39 is 6.04 Å². The molecule has 0 aromatic rings. The number of hydrogen-bond donors (Lipinski definition) is 0. The largest absolute Gasteiger partial charge is 0.331 e. The van der Waals surface area contributed by atoms with E-state index in [1.54, 1.807) is 4.90 Å². The van der Waals surface area contributed by atoms with Crippen molar-refractivity contribution < 1.29 is 4.79 Å². The summed E-state index contributed by atoms with van der Waals surface area (Å²) in [4.78, 5) is 17.9. The van der Waals surface area contributed by atoms with E-state index in [1.165, 1.54) is 0 Å². The summed E-state index contributed by atoms with van der Waals surface area (Å²) >= 11 is 0. The second kappa shape index (κ2) is 6.01. The predicted octanol–water partition coefficient (Wildman–Crippen LogP) is 0.463. The summed E-state index contributed by atoms with van der Waals surface area (Å²) in [5.74, 6) is 5.77. The summed E-state index contributed by atoms with van der Waals surface area (Å²) in [6.07, 6.45) is 0.595. The molecule has 0 saturated carbocycles. The molecule has 6 nitrogen and oxygen atoms in total. The summed E-state index contributed by atoms with van der Waals surface area (Å²) in [5, 5.41) is 3.44. The number of rotatable bonds is 3. The normalized spacial score (nSPS) is 19.3. The second-order valence-corrected chi connectivity index (χ2v) is 3.86. The Bertz CT molecular complexity index is 361. The van der Waals surface area contributed by atoms with Crippen molar-refractivity contribution in [2.45, 2.75) is 12.5 Å². The molecule has 1 atom stereocenters. The third kappa shape index (κ3) is 3.46. The molecule has 1 saturated heterocycles. The molecule has 1 fully saturated rings. The van der Waals surface area contributed by atoms with Crippen LogP contribution in [0, 0.1) is 11.8 Å². The lowest BCUT2D eigenvalue weighted by atomic mass is 10.3. The van der Waals surface area contributed by atoms with Gasteiger partial charge in [0.2, 0.25) is 5.91 Å². The maximum Gasteiger partial charge on any atom is 0.232 e. The first-order valence-corrected chi connectivity index (χ1v) is 5.08. The van der Waals surface area contributed by atoms with Gasteiger partial charge in [0.05, 0.1) is 13.1 Å². The Hall–Kier alpha value is -1.70. The molecule has 0 aromatic heterocycles. The lowest BCUT2D eigenvalue weighted by molar-refractivity contribution is -0.128. The Morgan fingerprint density at radius 2 is 2.38 bits per heavy atom. The van der Waals surface area contributed by atoms with E-state index in [0.717, 1.165) is 0 Å². The van der Waals surface area contributed by atoms with Crippen molar-refractivity contribution >= 4 is 5.91 Å². The van der Waals surface area contributed by atoms with E-state index in [2.05, 4.69) is 21.9 Å². The fourth-order valence-corrected chi connectivity index (χ4v) is 1.41. The Labute approximate surface area is 94.8 Å². The number of carbonyl (C=O) groups excluding carboxylic acids is 1. The van der Waals surface area contributed by atoms with Crippen LogP contribution < -0.4 is 0 Å². The molecule has 1 aliphatic rings. The standard InChI is InChI=1S/C10H15N5O/c1-14(2)6-3-4-7-15-8-5-9(10(15)16)12-13-11/h9H,5-8H2,1-2H3/t9-/m0/s1. The molecule has 1 heterocycles. The zero-order valence-electron chi connectivity index (χ0n) is 9.55. The smallest absolute Gasteiger partial charge is 0.232 e. The molecule has 6 heteroatoms. The third-order valence-corrected chi connectivity index (χ3v) is 2.25. The number of azide groups is 1. The van der Waals surface area contributed by atoms with Gasteiger partial charge in [-0.1, -0.05) is 17.0 Å². The Kier molecular flexibility index (Phi) is 4.65. The Morgan fingerprint density at radius 3 is 3.00 bits per heavy atom. The van der Waals surface area contributed by atoms with E-state index in [4.69, 9.17) is 5.53 Å². The highest BCUT2D eigenvalue weighted by Gasteiger charge is 2.29. The highest BCUT2D eigenvalue weighted by Crippen LogP contribution is 2.13. The van der Waals surface area contributed by atoms with Crippen molar-refractivity contribution in [3.8, 4) is 11.8 Å². The summed E-state index contributed by atoms with van der Waals surface area (Å²) < 4.78 is 0. The van der Waals surface area contributed by atoms with Gasteiger partial charge in [-0.25, -0.2) is 0 Å². The van der Waals surface area contributed by atoms with Gasteiger partial charge in [-0.15, -0.1) is 0 Å². The zero-order chi connectivity index (χ0) is 12.0. The van der Waals surface area contributed by atoms with Gasteiger partial charge < -0.3 is 4.90 Å². The van der Waals surface area contributed by atoms with Gasteiger partial charge in [-0.05, 0) is 26.0 Å². The molecule has 0 bridgehead atoms. The highest BCUT2D eigenvalue weighted by molar-refractivity contribution is 5.84. The van der Waals surface area contributed by atoms with Gasteiger partial charge in [0, 0.05) is 11.5 Å². The molecule has 0 unspecified atom stereocenters. The SMILES string of the molecule is CN(C)CC#CCN1CC[C@H](N=[N+]=[N-])C1=O. The number of amides is 1. The van der Waals surface area contributed by atoms with Crippen LogP contribution in [0.4, 0.5) is 0 Å². The molecule has 0 spiro atoms. The van der Waals surface area contributed by atoms with Gasteiger partial charge >= 0.3 is 0 Å². The van der Waals surface area contributed by atoms with Crippen molar-refractivity contribution in [2.24, 2.45) is 5.11 Å².